The number of rotatable bonds is 8. The smallest absolute Gasteiger partial charge is 0.244 e. The molecule has 2 rings (SSSR count). The van der Waals surface area contributed by atoms with E-state index in [2.05, 4.69) is 37.9 Å². The largest absolute Gasteiger partial charge is 0.351 e. The van der Waals surface area contributed by atoms with E-state index < -0.39 is 0 Å². The van der Waals surface area contributed by atoms with Gasteiger partial charge in [-0.25, -0.2) is 0 Å². The predicted octanol–water partition coefficient (Wildman–Crippen LogP) is 3.06. The number of nitrogens with zero attached hydrogens (tertiary/aromatic N) is 2. The summed E-state index contributed by atoms with van der Waals surface area (Å²) in [6.45, 7) is 10.9. The Morgan fingerprint density at radius 1 is 1.19 bits per heavy atom. The lowest BCUT2D eigenvalue weighted by atomic mass is 10.2. The van der Waals surface area contributed by atoms with Crippen LogP contribution in [-0.4, -0.2) is 48.4 Å². The fourth-order valence-corrected chi connectivity index (χ4v) is 3.34. The maximum Gasteiger partial charge on any atom is 0.244 e. The number of hydrogen-bond acceptors (Lipinski definition) is 3. The minimum absolute atomic E-state index is 0.0868. The Hall–Kier alpha value is -2.14. The van der Waals surface area contributed by atoms with Crippen molar-refractivity contribution in [2.24, 2.45) is 0 Å². The van der Waals surface area contributed by atoms with Crippen LogP contribution in [0.4, 0.5) is 5.69 Å². The van der Waals surface area contributed by atoms with Crippen molar-refractivity contribution in [2.45, 2.75) is 52.6 Å². The van der Waals surface area contributed by atoms with E-state index in [0.29, 0.717) is 25.0 Å². The molecule has 1 aliphatic rings. The Labute approximate surface area is 157 Å². The zero-order valence-corrected chi connectivity index (χ0v) is 16.4. The van der Waals surface area contributed by atoms with Crippen LogP contribution in [0.1, 0.15) is 46.1 Å². The van der Waals surface area contributed by atoms with Crippen LogP contribution < -0.4 is 10.2 Å². The van der Waals surface area contributed by atoms with Gasteiger partial charge in [-0.05, 0) is 57.9 Å². The first kappa shape index (κ1) is 20.2. The Bertz CT molecular complexity index is 627. The Morgan fingerprint density at radius 3 is 2.38 bits per heavy atom. The summed E-state index contributed by atoms with van der Waals surface area (Å²) in [6.07, 6.45) is 4.91. The zero-order chi connectivity index (χ0) is 19.1. The summed E-state index contributed by atoms with van der Waals surface area (Å²) in [6, 6.07) is 8.66. The fraction of sp³-hybridized carbons (Fsp3) is 0.524. The third-order valence-electron chi connectivity index (χ3n) is 4.70. The van der Waals surface area contributed by atoms with Gasteiger partial charge in [0.2, 0.25) is 11.8 Å². The van der Waals surface area contributed by atoms with Crippen LogP contribution in [0.15, 0.2) is 30.3 Å². The highest BCUT2D eigenvalue weighted by Gasteiger charge is 2.21. The number of benzene rings is 1. The minimum atomic E-state index is -0.0868. The zero-order valence-electron chi connectivity index (χ0n) is 16.4. The first-order valence-electron chi connectivity index (χ1n) is 9.50. The molecule has 0 spiro atoms. The summed E-state index contributed by atoms with van der Waals surface area (Å²) < 4.78 is 0. The van der Waals surface area contributed by atoms with Crippen molar-refractivity contribution in [2.75, 3.05) is 24.5 Å². The van der Waals surface area contributed by atoms with E-state index >= 15 is 0 Å². The van der Waals surface area contributed by atoms with E-state index in [0.717, 1.165) is 30.8 Å². The summed E-state index contributed by atoms with van der Waals surface area (Å²) in [5, 5.41) is 2.93. The quantitative estimate of drug-likeness (QED) is 0.728. The normalized spacial score (nSPS) is 15.0. The third-order valence-corrected chi connectivity index (χ3v) is 4.70. The van der Waals surface area contributed by atoms with E-state index in [1.54, 1.807) is 12.2 Å². The minimum Gasteiger partial charge on any atom is -0.351 e. The summed E-state index contributed by atoms with van der Waals surface area (Å²) in [5.41, 5.74) is 1.87. The molecular formula is C21H31N3O2. The van der Waals surface area contributed by atoms with Crippen LogP contribution in [0.5, 0.6) is 0 Å². The summed E-state index contributed by atoms with van der Waals surface area (Å²) in [4.78, 5) is 27.9. The number of amides is 2. The first-order valence-corrected chi connectivity index (χ1v) is 9.50. The van der Waals surface area contributed by atoms with Crippen LogP contribution in [0.3, 0.4) is 0 Å². The van der Waals surface area contributed by atoms with Gasteiger partial charge in [-0.3, -0.25) is 14.5 Å². The topological polar surface area (TPSA) is 52.7 Å². The Kier molecular flexibility index (Phi) is 7.39. The molecule has 1 heterocycles. The average Bonchev–Trinajstić information content (AvgIpc) is 3.02. The van der Waals surface area contributed by atoms with E-state index in [-0.39, 0.29) is 11.8 Å². The second-order valence-electron chi connectivity index (χ2n) is 7.29. The van der Waals surface area contributed by atoms with Crippen molar-refractivity contribution < 1.29 is 9.59 Å². The molecule has 0 unspecified atom stereocenters. The molecule has 0 radical (unpaired) electrons. The molecule has 5 heteroatoms. The maximum absolute atomic E-state index is 12.0. The lowest BCUT2D eigenvalue weighted by Crippen LogP contribution is -2.42. The molecule has 142 valence electrons. The van der Waals surface area contributed by atoms with Gasteiger partial charge in [0, 0.05) is 49.9 Å². The first-order chi connectivity index (χ1) is 12.4. The highest BCUT2D eigenvalue weighted by atomic mass is 16.2. The fourth-order valence-electron chi connectivity index (χ4n) is 3.34. The lowest BCUT2D eigenvalue weighted by Gasteiger charge is -2.30. The predicted molar refractivity (Wildman–Crippen MR) is 107 cm³/mol. The van der Waals surface area contributed by atoms with Gasteiger partial charge in [-0.15, -0.1) is 0 Å². The molecule has 0 atom stereocenters. The third kappa shape index (κ3) is 5.70. The second kappa shape index (κ2) is 9.53. The van der Waals surface area contributed by atoms with Gasteiger partial charge in [0.25, 0.3) is 0 Å². The molecule has 1 N–H and O–H groups in total. The van der Waals surface area contributed by atoms with Gasteiger partial charge in [-0.2, -0.15) is 0 Å². The van der Waals surface area contributed by atoms with Crippen molar-refractivity contribution in [3.05, 3.63) is 35.9 Å². The van der Waals surface area contributed by atoms with Crippen molar-refractivity contribution in [3.63, 3.8) is 0 Å². The van der Waals surface area contributed by atoms with Gasteiger partial charge in [0.15, 0.2) is 0 Å². The van der Waals surface area contributed by atoms with Crippen LogP contribution in [0.25, 0.3) is 6.08 Å². The molecule has 1 aromatic rings. The molecule has 1 fully saturated rings. The molecule has 0 saturated carbocycles. The van der Waals surface area contributed by atoms with Gasteiger partial charge >= 0.3 is 0 Å². The van der Waals surface area contributed by atoms with E-state index in [1.165, 1.54) is 0 Å². The number of carbonyl (C=O) groups excluding carboxylic acids is 2. The number of carbonyl (C=O) groups is 2. The summed E-state index contributed by atoms with van der Waals surface area (Å²) >= 11 is 0. The van der Waals surface area contributed by atoms with Crippen LogP contribution in [0.2, 0.25) is 0 Å². The van der Waals surface area contributed by atoms with Crippen LogP contribution in [0, 0.1) is 0 Å². The van der Waals surface area contributed by atoms with Gasteiger partial charge in [-0.1, -0.05) is 12.1 Å². The van der Waals surface area contributed by atoms with Crippen molar-refractivity contribution in [3.8, 4) is 0 Å². The molecule has 0 aromatic heterocycles. The second-order valence-corrected chi connectivity index (χ2v) is 7.29. The molecule has 1 aromatic carbocycles. The molecule has 2 amide bonds. The highest BCUT2D eigenvalue weighted by Crippen LogP contribution is 2.21. The van der Waals surface area contributed by atoms with E-state index in [4.69, 9.17) is 0 Å². The number of hydrogen-bond donors (Lipinski definition) is 1. The number of nitrogens with one attached hydrogen (secondary N) is 1. The lowest BCUT2D eigenvalue weighted by molar-refractivity contribution is -0.117. The SMILES string of the molecule is CC(C)N(CCNC(=O)C=Cc1ccc(N2CCCC2=O)cc1)C(C)C. The maximum atomic E-state index is 12.0. The van der Waals surface area contributed by atoms with Crippen molar-refractivity contribution >= 4 is 23.6 Å². The van der Waals surface area contributed by atoms with E-state index in [9.17, 15) is 9.59 Å². The van der Waals surface area contributed by atoms with Crippen LogP contribution in [-0.2, 0) is 9.59 Å². The molecule has 1 aliphatic heterocycles. The summed E-state index contributed by atoms with van der Waals surface area (Å²) in [5.74, 6) is 0.0979. The molecule has 0 bridgehead atoms. The van der Waals surface area contributed by atoms with Gasteiger partial charge in [0.1, 0.15) is 0 Å². The molecule has 26 heavy (non-hydrogen) atoms. The van der Waals surface area contributed by atoms with Gasteiger partial charge in [0.05, 0.1) is 0 Å². The Balaban J connectivity index is 1.81. The molecule has 1 saturated heterocycles. The van der Waals surface area contributed by atoms with E-state index in [1.807, 2.05) is 29.2 Å². The summed E-state index contributed by atoms with van der Waals surface area (Å²) in [7, 11) is 0. The van der Waals surface area contributed by atoms with Crippen molar-refractivity contribution in [1.29, 1.82) is 0 Å². The molecule has 5 nitrogen and oxygen atoms in total. The number of anilines is 1. The van der Waals surface area contributed by atoms with Crippen molar-refractivity contribution in [1.82, 2.24) is 10.2 Å². The standard InChI is InChI=1S/C21H31N3O2/c1-16(2)23(17(3)4)15-13-22-20(25)12-9-18-7-10-19(11-8-18)24-14-5-6-21(24)26/h7-12,16-17H,5-6,13-15H2,1-4H3,(H,22,25). The van der Waals surface area contributed by atoms with Crippen LogP contribution >= 0.6 is 0 Å². The highest BCUT2D eigenvalue weighted by molar-refractivity contribution is 5.95. The average molecular weight is 357 g/mol. The monoisotopic (exact) mass is 357 g/mol. The molecular weight excluding hydrogens is 326 g/mol. The van der Waals surface area contributed by atoms with Gasteiger partial charge < -0.3 is 10.2 Å². The molecule has 0 aliphatic carbocycles. The Morgan fingerprint density at radius 2 is 1.85 bits per heavy atom.